The number of ether oxygens (including phenoxy) is 1. The molecule has 0 aromatic heterocycles. The second-order valence-electron chi connectivity index (χ2n) is 8.39. The molecule has 2 aromatic rings. The van der Waals surface area contributed by atoms with Crippen molar-refractivity contribution in [1.29, 1.82) is 0 Å². The van der Waals surface area contributed by atoms with Crippen molar-refractivity contribution in [2.75, 3.05) is 52.4 Å². The maximum absolute atomic E-state index is 12.5. The number of hydrogen-bond donors (Lipinski definition) is 0. The van der Waals surface area contributed by atoms with E-state index in [0.29, 0.717) is 54.6 Å². The molecule has 0 atom stereocenters. The van der Waals surface area contributed by atoms with Gasteiger partial charge >= 0.3 is 0 Å². The molecule has 7 nitrogen and oxygen atoms in total. The number of benzene rings is 2. The van der Waals surface area contributed by atoms with Gasteiger partial charge in [0.25, 0.3) is 5.91 Å². The summed E-state index contributed by atoms with van der Waals surface area (Å²) in [6.45, 7) is 4.65. The van der Waals surface area contributed by atoms with E-state index in [0.717, 1.165) is 25.9 Å². The van der Waals surface area contributed by atoms with E-state index < -0.39 is 0 Å². The molecule has 0 N–H and O–H groups in total. The van der Waals surface area contributed by atoms with Crippen LogP contribution >= 0.6 is 11.6 Å². The normalized spacial score (nSPS) is 16.6. The molecule has 2 saturated heterocycles. The second-order valence-corrected chi connectivity index (χ2v) is 8.83. The third-order valence-corrected chi connectivity index (χ3v) is 6.38. The first kappa shape index (κ1) is 23.3. The number of piperazine rings is 1. The van der Waals surface area contributed by atoms with Crippen molar-refractivity contribution in [1.82, 2.24) is 14.7 Å². The Balaban J connectivity index is 1.21. The molecule has 2 amide bonds. The third kappa shape index (κ3) is 6.12. The summed E-state index contributed by atoms with van der Waals surface area (Å²) in [5.74, 6) is 0.539. The predicted molar refractivity (Wildman–Crippen MR) is 126 cm³/mol. The van der Waals surface area contributed by atoms with Gasteiger partial charge in [-0.1, -0.05) is 11.6 Å². The van der Waals surface area contributed by atoms with Crippen LogP contribution in [0, 0.1) is 0 Å². The Morgan fingerprint density at radius 3 is 1.88 bits per heavy atom. The number of likely N-dealkylation sites (tertiary alicyclic amines) is 1. The van der Waals surface area contributed by atoms with Crippen molar-refractivity contribution < 1.29 is 19.1 Å². The van der Waals surface area contributed by atoms with Crippen LogP contribution in [-0.4, -0.2) is 84.7 Å². The van der Waals surface area contributed by atoms with E-state index >= 15 is 0 Å². The summed E-state index contributed by atoms with van der Waals surface area (Å²) in [7, 11) is 0. The molecule has 2 fully saturated rings. The summed E-state index contributed by atoms with van der Waals surface area (Å²) in [6, 6.07) is 13.5. The second kappa shape index (κ2) is 10.8. The van der Waals surface area contributed by atoms with Gasteiger partial charge in [-0.25, -0.2) is 0 Å². The lowest BCUT2D eigenvalue weighted by molar-refractivity contribution is -0.136. The summed E-state index contributed by atoms with van der Waals surface area (Å²) < 4.78 is 5.64. The van der Waals surface area contributed by atoms with Crippen LogP contribution in [0.15, 0.2) is 48.5 Å². The number of carbonyl (C=O) groups excluding carboxylic acids is 3. The fraction of sp³-hybridized carbons (Fsp3) is 0.400. The number of amides is 2. The van der Waals surface area contributed by atoms with Crippen LogP contribution in [0.4, 0.5) is 0 Å². The third-order valence-electron chi connectivity index (χ3n) is 6.13. The van der Waals surface area contributed by atoms with E-state index in [4.69, 9.17) is 16.3 Å². The monoisotopic (exact) mass is 469 g/mol. The van der Waals surface area contributed by atoms with Gasteiger partial charge in [0.15, 0.2) is 12.4 Å². The summed E-state index contributed by atoms with van der Waals surface area (Å²) in [5.41, 5.74) is 1.10. The lowest BCUT2D eigenvalue weighted by atomic mass is 10.0. The highest BCUT2D eigenvalue weighted by molar-refractivity contribution is 6.30. The van der Waals surface area contributed by atoms with Crippen LogP contribution < -0.4 is 4.74 Å². The number of carbonyl (C=O) groups is 3. The molecule has 2 aromatic carbocycles. The zero-order valence-electron chi connectivity index (χ0n) is 18.5. The Morgan fingerprint density at radius 1 is 0.727 bits per heavy atom. The maximum atomic E-state index is 12.5. The summed E-state index contributed by atoms with van der Waals surface area (Å²) in [5, 5.41) is 0.581. The van der Waals surface area contributed by atoms with Gasteiger partial charge < -0.3 is 14.5 Å². The Hall–Kier alpha value is -2.90. The maximum Gasteiger partial charge on any atom is 0.260 e. The first-order valence-electron chi connectivity index (χ1n) is 11.3. The van der Waals surface area contributed by atoms with Crippen molar-refractivity contribution in [3.8, 4) is 5.75 Å². The number of rotatable bonds is 7. The topological polar surface area (TPSA) is 70.2 Å². The predicted octanol–water partition coefficient (Wildman–Crippen LogP) is 2.72. The molecule has 33 heavy (non-hydrogen) atoms. The highest BCUT2D eigenvalue weighted by Crippen LogP contribution is 2.17. The van der Waals surface area contributed by atoms with Crippen molar-refractivity contribution in [3.05, 3.63) is 64.7 Å². The molecule has 0 unspecified atom stereocenters. The minimum absolute atomic E-state index is 0.0583. The van der Waals surface area contributed by atoms with Crippen LogP contribution in [0.1, 0.15) is 28.8 Å². The minimum Gasteiger partial charge on any atom is -0.484 e. The SMILES string of the molecule is O=C(c1ccc(Cl)cc1)c1ccc(OCC(=O)N2CCN(CC(=O)N3CCCC3)CC2)cc1. The zero-order chi connectivity index (χ0) is 23.2. The van der Waals surface area contributed by atoms with E-state index in [9.17, 15) is 14.4 Å². The van der Waals surface area contributed by atoms with E-state index in [1.165, 1.54) is 0 Å². The lowest BCUT2D eigenvalue weighted by Gasteiger charge is -2.35. The summed E-state index contributed by atoms with van der Waals surface area (Å²) in [4.78, 5) is 43.2. The van der Waals surface area contributed by atoms with Crippen molar-refractivity contribution in [2.45, 2.75) is 12.8 Å². The first-order valence-corrected chi connectivity index (χ1v) is 11.7. The number of ketones is 1. The van der Waals surface area contributed by atoms with E-state index in [1.54, 1.807) is 53.4 Å². The van der Waals surface area contributed by atoms with Crippen molar-refractivity contribution in [2.24, 2.45) is 0 Å². The molecule has 2 aliphatic heterocycles. The quantitative estimate of drug-likeness (QED) is 0.583. The highest BCUT2D eigenvalue weighted by atomic mass is 35.5. The summed E-state index contributed by atoms with van der Waals surface area (Å²) in [6.07, 6.45) is 2.19. The van der Waals surface area contributed by atoms with E-state index in [-0.39, 0.29) is 24.2 Å². The average molecular weight is 470 g/mol. The molecule has 0 saturated carbocycles. The highest BCUT2D eigenvalue weighted by Gasteiger charge is 2.25. The molecule has 2 aliphatic rings. The minimum atomic E-state index is -0.102. The van der Waals surface area contributed by atoms with Gasteiger partial charge in [-0.3, -0.25) is 19.3 Å². The van der Waals surface area contributed by atoms with Crippen molar-refractivity contribution >= 4 is 29.2 Å². The number of hydrogen-bond acceptors (Lipinski definition) is 5. The van der Waals surface area contributed by atoms with Gasteiger partial charge in [-0.15, -0.1) is 0 Å². The largest absolute Gasteiger partial charge is 0.484 e. The fourth-order valence-electron chi connectivity index (χ4n) is 4.12. The first-order chi connectivity index (χ1) is 16.0. The van der Waals surface area contributed by atoms with E-state index in [1.807, 2.05) is 4.90 Å². The van der Waals surface area contributed by atoms with Crippen LogP contribution in [0.5, 0.6) is 5.75 Å². The Labute approximate surface area is 198 Å². The lowest BCUT2D eigenvalue weighted by Crippen LogP contribution is -2.52. The van der Waals surface area contributed by atoms with Gasteiger partial charge in [-0.05, 0) is 61.4 Å². The zero-order valence-corrected chi connectivity index (χ0v) is 19.3. The molecule has 0 spiro atoms. The van der Waals surface area contributed by atoms with Gasteiger partial charge in [-0.2, -0.15) is 0 Å². The van der Waals surface area contributed by atoms with Crippen LogP contribution in [0.25, 0.3) is 0 Å². The molecule has 4 rings (SSSR count). The van der Waals surface area contributed by atoms with Gasteiger partial charge in [0, 0.05) is 55.4 Å². The molecule has 0 radical (unpaired) electrons. The number of nitrogens with zero attached hydrogens (tertiary/aromatic N) is 3. The molecule has 0 aliphatic carbocycles. The van der Waals surface area contributed by atoms with Crippen LogP contribution in [0.2, 0.25) is 5.02 Å². The van der Waals surface area contributed by atoms with Gasteiger partial charge in [0.05, 0.1) is 6.54 Å². The average Bonchev–Trinajstić information content (AvgIpc) is 3.39. The molecule has 2 heterocycles. The Morgan fingerprint density at radius 2 is 1.27 bits per heavy atom. The molecular formula is C25H28ClN3O4. The molecule has 8 heteroatoms. The van der Waals surface area contributed by atoms with Crippen LogP contribution in [0.3, 0.4) is 0 Å². The molecule has 174 valence electrons. The van der Waals surface area contributed by atoms with Gasteiger partial charge in [0.1, 0.15) is 5.75 Å². The van der Waals surface area contributed by atoms with Crippen molar-refractivity contribution in [3.63, 3.8) is 0 Å². The smallest absolute Gasteiger partial charge is 0.260 e. The molecule has 0 bridgehead atoms. The summed E-state index contributed by atoms with van der Waals surface area (Å²) >= 11 is 5.87. The van der Waals surface area contributed by atoms with Gasteiger partial charge in [0.2, 0.25) is 5.91 Å². The Kier molecular flexibility index (Phi) is 7.62. The Bertz CT molecular complexity index is 980. The van der Waals surface area contributed by atoms with Crippen LogP contribution in [-0.2, 0) is 9.59 Å². The standard InChI is InChI=1S/C25H28ClN3O4/c26-21-7-3-19(4-8-21)25(32)20-5-9-22(10-6-20)33-18-24(31)29-15-13-27(14-16-29)17-23(30)28-11-1-2-12-28/h3-10H,1-2,11-18H2. The van der Waals surface area contributed by atoms with E-state index in [2.05, 4.69) is 4.90 Å². The number of halogens is 1. The molecular weight excluding hydrogens is 442 g/mol. The fourth-order valence-corrected chi connectivity index (χ4v) is 4.25.